The van der Waals surface area contributed by atoms with Gasteiger partial charge in [0.25, 0.3) is 5.91 Å². The van der Waals surface area contributed by atoms with Gasteiger partial charge in [0.2, 0.25) is 0 Å². The average Bonchev–Trinajstić information content (AvgIpc) is 2.29. The van der Waals surface area contributed by atoms with Crippen LogP contribution >= 0.6 is 0 Å². The average molecular weight is 226 g/mol. The molecule has 4 N–H and O–H groups in total. The minimum Gasteiger partial charge on any atom is -0.396 e. The van der Waals surface area contributed by atoms with Crippen LogP contribution in [0.4, 0.5) is 10.1 Å². The van der Waals surface area contributed by atoms with Crippen LogP contribution < -0.4 is 11.1 Å². The predicted molar refractivity (Wildman–Crippen MR) is 59.4 cm³/mol. The van der Waals surface area contributed by atoms with Crippen molar-refractivity contribution < 1.29 is 14.3 Å². The van der Waals surface area contributed by atoms with Crippen molar-refractivity contribution in [2.24, 2.45) is 0 Å². The molecule has 1 atom stereocenters. The third-order valence-electron chi connectivity index (χ3n) is 2.23. The Labute approximate surface area is 93.3 Å². The summed E-state index contributed by atoms with van der Waals surface area (Å²) in [5.41, 5.74) is 5.55. The van der Waals surface area contributed by atoms with E-state index in [9.17, 15) is 14.3 Å². The molecule has 0 saturated carbocycles. The Bertz CT molecular complexity index is 382. The summed E-state index contributed by atoms with van der Waals surface area (Å²) < 4.78 is 12.8. The number of rotatable bonds is 4. The van der Waals surface area contributed by atoms with Crippen LogP contribution in [0.2, 0.25) is 0 Å². The van der Waals surface area contributed by atoms with Gasteiger partial charge in [-0.05, 0) is 24.6 Å². The molecule has 1 amide bonds. The van der Waals surface area contributed by atoms with Gasteiger partial charge >= 0.3 is 0 Å². The Morgan fingerprint density at radius 2 is 2.31 bits per heavy atom. The number of anilines is 1. The first kappa shape index (κ1) is 12.4. The van der Waals surface area contributed by atoms with E-state index in [1.807, 2.05) is 6.92 Å². The molecule has 0 aromatic heterocycles. The lowest BCUT2D eigenvalue weighted by atomic mass is 10.2. The van der Waals surface area contributed by atoms with Crippen LogP contribution in [0.5, 0.6) is 0 Å². The number of carbonyl (C=O) groups is 1. The van der Waals surface area contributed by atoms with E-state index in [-0.39, 0.29) is 23.7 Å². The quantitative estimate of drug-likeness (QED) is 0.668. The molecular formula is C11H15FN2O2. The van der Waals surface area contributed by atoms with Gasteiger partial charge < -0.3 is 16.2 Å². The number of nitrogen functional groups attached to an aromatic ring is 1. The van der Waals surface area contributed by atoms with Gasteiger partial charge in [-0.2, -0.15) is 0 Å². The topological polar surface area (TPSA) is 75.3 Å². The summed E-state index contributed by atoms with van der Waals surface area (Å²) in [4.78, 5) is 11.5. The van der Waals surface area contributed by atoms with E-state index >= 15 is 0 Å². The summed E-state index contributed by atoms with van der Waals surface area (Å²) in [6, 6.07) is 3.75. The van der Waals surface area contributed by atoms with Gasteiger partial charge in [-0.3, -0.25) is 4.79 Å². The molecular weight excluding hydrogens is 211 g/mol. The van der Waals surface area contributed by atoms with Crippen molar-refractivity contribution in [3.63, 3.8) is 0 Å². The first-order valence-electron chi connectivity index (χ1n) is 5.06. The van der Waals surface area contributed by atoms with E-state index in [1.54, 1.807) is 0 Å². The second kappa shape index (κ2) is 5.46. The van der Waals surface area contributed by atoms with Crippen molar-refractivity contribution in [3.8, 4) is 0 Å². The molecule has 0 spiro atoms. The fraction of sp³-hybridized carbons (Fsp3) is 0.364. The zero-order valence-electron chi connectivity index (χ0n) is 9.03. The number of aliphatic hydroxyl groups is 1. The predicted octanol–water partition coefficient (Wildman–Crippen LogP) is 0.909. The van der Waals surface area contributed by atoms with E-state index in [1.165, 1.54) is 12.1 Å². The molecule has 0 heterocycles. The fourth-order valence-corrected chi connectivity index (χ4v) is 1.14. The Hall–Kier alpha value is -1.62. The molecule has 0 aliphatic rings. The fourth-order valence-electron chi connectivity index (χ4n) is 1.14. The maximum absolute atomic E-state index is 12.8. The Balaban J connectivity index is 2.63. The van der Waals surface area contributed by atoms with Crippen LogP contribution in [0.3, 0.4) is 0 Å². The van der Waals surface area contributed by atoms with Crippen molar-refractivity contribution in [3.05, 3.63) is 29.6 Å². The van der Waals surface area contributed by atoms with E-state index in [2.05, 4.69) is 5.32 Å². The van der Waals surface area contributed by atoms with Crippen LogP contribution in [-0.2, 0) is 0 Å². The molecule has 0 aliphatic carbocycles. The van der Waals surface area contributed by atoms with E-state index in [4.69, 9.17) is 5.73 Å². The second-order valence-corrected chi connectivity index (χ2v) is 3.51. The Morgan fingerprint density at radius 1 is 1.62 bits per heavy atom. The lowest BCUT2D eigenvalue weighted by Gasteiger charge is -2.09. The second-order valence-electron chi connectivity index (χ2n) is 3.51. The smallest absolute Gasteiger partial charge is 0.251 e. The third-order valence-corrected chi connectivity index (χ3v) is 2.23. The zero-order chi connectivity index (χ0) is 12.1. The molecule has 1 rings (SSSR count). The van der Waals surface area contributed by atoms with Crippen LogP contribution in [-0.4, -0.2) is 23.7 Å². The molecule has 1 aromatic carbocycles. The molecule has 0 saturated heterocycles. The van der Waals surface area contributed by atoms with Crippen LogP contribution in [0, 0.1) is 5.82 Å². The van der Waals surface area contributed by atoms with Crippen LogP contribution in [0.1, 0.15) is 23.7 Å². The number of nitrogens with one attached hydrogen (secondary N) is 1. The van der Waals surface area contributed by atoms with Crippen molar-refractivity contribution in [1.29, 1.82) is 0 Å². The monoisotopic (exact) mass is 226 g/mol. The maximum atomic E-state index is 12.8. The molecule has 5 heteroatoms. The van der Waals surface area contributed by atoms with Crippen molar-refractivity contribution in [2.45, 2.75) is 19.4 Å². The standard InChI is InChI=1S/C11H15FN2O2/c1-2-8(15)6-14-11(16)7-3-4-9(12)10(13)5-7/h3-5,8,15H,2,6,13H2,1H3,(H,14,16). The van der Waals surface area contributed by atoms with Gasteiger partial charge in [0, 0.05) is 12.1 Å². The number of hydrogen-bond acceptors (Lipinski definition) is 3. The van der Waals surface area contributed by atoms with Gasteiger partial charge in [0.1, 0.15) is 5.82 Å². The number of amides is 1. The summed E-state index contributed by atoms with van der Waals surface area (Å²) in [7, 11) is 0. The highest BCUT2D eigenvalue weighted by atomic mass is 19.1. The van der Waals surface area contributed by atoms with Gasteiger partial charge in [0.05, 0.1) is 11.8 Å². The minimum absolute atomic E-state index is 0.0660. The molecule has 4 nitrogen and oxygen atoms in total. The summed E-state index contributed by atoms with van der Waals surface area (Å²) in [5.74, 6) is -0.927. The van der Waals surface area contributed by atoms with Crippen molar-refractivity contribution in [1.82, 2.24) is 5.32 Å². The number of aliphatic hydroxyl groups excluding tert-OH is 1. The van der Waals surface area contributed by atoms with Crippen LogP contribution in [0.15, 0.2) is 18.2 Å². The maximum Gasteiger partial charge on any atom is 0.251 e. The molecule has 0 fully saturated rings. The highest BCUT2D eigenvalue weighted by Gasteiger charge is 2.09. The number of hydrogen-bond donors (Lipinski definition) is 3. The largest absolute Gasteiger partial charge is 0.396 e. The number of benzene rings is 1. The van der Waals surface area contributed by atoms with Gasteiger partial charge in [-0.15, -0.1) is 0 Å². The van der Waals surface area contributed by atoms with E-state index in [0.717, 1.165) is 6.07 Å². The first-order valence-corrected chi connectivity index (χ1v) is 5.06. The summed E-state index contributed by atoms with van der Waals surface area (Å²) in [6.45, 7) is 1.99. The summed E-state index contributed by atoms with van der Waals surface area (Å²) >= 11 is 0. The number of carbonyl (C=O) groups excluding carboxylic acids is 1. The van der Waals surface area contributed by atoms with Gasteiger partial charge in [0.15, 0.2) is 0 Å². The lowest BCUT2D eigenvalue weighted by molar-refractivity contribution is 0.0914. The molecule has 1 aromatic rings. The number of nitrogens with two attached hydrogens (primary N) is 1. The van der Waals surface area contributed by atoms with Crippen molar-refractivity contribution in [2.75, 3.05) is 12.3 Å². The van der Waals surface area contributed by atoms with Gasteiger partial charge in [-0.1, -0.05) is 6.92 Å². The normalized spacial score (nSPS) is 12.2. The first-order chi connectivity index (χ1) is 7.54. The van der Waals surface area contributed by atoms with E-state index in [0.29, 0.717) is 6.42 Å². The Morgan fingerprint density at radius 3 is 2.88 bits per heavy atom. The molecule has 16 heavy (non-hydrogen) atoms. The molecule has 0 radical (unpaired) electrons. The third kappa shape index (κ3) is 3.20. The zero-order valence-corrected chi connectivity index (χ0v) is 9.03. The van der Waals surface area contributed by atoms with Crippen molar-refractivity contribution >= 4 is 11.6 Å². The SMILES string of the molecule is CCC(O)CNC(=O)c1ccc(F)c(N)c1. The molecule has 0 bridgehead atoms. The summed E-state index contributed by atoms with van der Waals surface area (Å²) in [5, 5.41) is 11.8. The lowest BCUT2D eigenvalue weighted by Crippen LogP contribution is -2.31. The molecule has 0 aliphatic heterocycles. The summed E-state index contributed by atoms with van der Waals surface area (Å²) in [6.07, 6.45) is -0.00648. The minimum atomic E-state index is -0.568. The van der Waals surface area contributed by atoms with Gasteiger partial charge in [-0.25, -0.2) is 4.39 Å². The highest BCUT2D eigenvalue weighted by Crippen LogP contribution is 2.11. The number of halogens is 1. The van der Waals surface area contributed by atoms with E-state index < -0.39 is 11.9 Å². The highest BCUT2D eigenvalue weighted by molar-refractivity contribution is 5.95. The molecule has 1 unspecified atom stereocenters. The molecule has 88 valence electrons. The Kier molecular flexibility index (Phi) is 4.25. The van der Waals surface area contributed by atoms with Crippen LogP contribution in [0.25, 0.3) is 0 Å².